The van der Waals surface area contributed by atoms with Gasteiger partial charge in [0, 0.05) is 5.02 Å². The van der Waals surface area contributed by atoms with Gasteiger partial charge >= 0.3 is 6.03 Å². The Labute approximate surface area is 123 Å². The van der Waals surface area contributed by atoms with E-state index in [1.54, 1.807) is 12.1 Å². The van der Waals surface area contributed by atoms with E-state index in [2.05, 4.69) is 5.32 Å². The summed E-state index contributed by atoms with van der Waals surface area (Å²) in [6, 6.07) is 6.95. The van der Waals surface area contributed by atoms with E-state index in [9.17, 15) is 9.59 Å². The lowest BCUT2D eigenvalue weighted by Gasteiger charge is -2.30. The standard InChI is InChI=1S/C15H17ClN2O2/c16-12-6-4-11(5-7-12)10-18-13(19)15(17-14(18)20)8-2-1-3-9-15/h4-7H,1-3,8-10H2,(H,17,20). The minimum absolute atomic E-state index is 0.0721. The van der Waals surface area contributed by atoms with E-state index < -0.39 is 5.54 Å². The van der Waals surface area contributed by atoms with Gasteiger partial charge in [-0.25, -0.2) is 4.79 Å². The highest BCUT2D eigenvalue weighted by atomic mass is 35.5. The number of amides is 3. The first kappa shape index (κ1) is 13.4. The van der Waals surface area contributed by atoms with E-state index >= 15 is 0 Å². The number of nitrogens with one attached hydrogen (secondary N) is 1. The molecule has 20 heavy (non-hydrogen) atoms. The third-order valence-electron chi connectivity index (χ3n) is 4.21. The van der Waals surface area contributed by atoms with Gasteiger partial charge in [0.2, 0.25) is 0 Å². The molecule has 1 saturated heterocycles. The molecular formula is C15H17ClN2O2. The minimum Gasteiger partial charge on any atom is -0.323 e. The van der Waals surface area contributed by atoms with Crippen molar-refractivity contribution in [3.05, 3.63) is 34.9 Å². The molecule has 3 amide bonds. The number of carbonyl (C=O) groups is 2. The fourth-order valence-electron chi connectivity index (χ4n) is 3.09. The molecule has 3 rings (SSSR count). The summed E-state index contributed by atoms with van der Waals surface area (Å²) in [5.41, 5.74) is 0.271. The molecular weight excluding hydrogens is 276 g/mol. The van der Waals surface area contributed by atoms with Crippen LogP contribution < -0.4 is 5.32 Å². The van der Waals surface area contributed by atoms with Gasteiger partial charge in [-0.1, -0.05) is 43.0 Å². The molecule has 5 heteroatoms. The van der Waals surface area contributed by atoms with E-state index in [1.807, 2.05) is 12.1 Å². The van der Waals surface area contributed by atoms with Crippen molar-refractivity contribution in [2.45, 2.75) is 44.2 Å². The van der Waals surface area contributed by atoms with Crippen LogP contribution in [0, 0.1) is 0 Å². The van der Waals surface area contributed by atoms with Gasteiger partial charge < -0.3 is 5.32 Å². The molecule has 1 saturated carbocycles. The second-order valence-corrected chi connectivity index (χ2v) is 6.03. The Bertz CT molecular complexity index is 535. The Morgan fingerprint density at radius 2 is 1.75 bits per heavy atom. The zero-order valence-corrected chi connectivity index (χ0v) is 11.9. The number of urea groups is 1. The van der Waals surface area contributed by atoms with Crippen LogP contribution in [0.25, 0.3) is 0 Å². The molecule has 2 aliphatic rings. The molecule has 0 unspecified atom stereocenters. The van der Waals surface area contributed by atoms with Crippen LogP contribution in [0.5, 0.6) is 0 Å². The molecule has 0 radical (unpaired) electrons. The first-order valence-electron chi connectivity index (χ1n) is 6.99. The van der Waals surface area contributed by atoms with Gasteiger partial charge in [-0.3, -0.25) is 9.69 Å². The largest absolute Gasteiger partial charge is 0.325 e. The summed E-state index contributed by atoms with van der Waals surface area (Å²) in [6.45, 7) is 0.309. The number of hydrogen-bond acceptors (Lipinski definition) is 2. The maximum atomic E-state index is 12.6. The molecule has 2 fully saturated rings. The number of rotatable bonds is 2. The molecule has 4 nitrogen and oxygen atoms in total. The van der Waals surface area contributed by atoms with Crippen LogP contribution >= 0.6 is 11.6 Å². The molecule has 106 valence electrons. The molecule has 0 atom stereocenters. The zero-order valence-electron chi connectivity index (χ0n) is 11.2. The Balaban J connectivity index is 1.78. The summed E-state index contributed by atoms with van der Waals surface area (Å²) in [6.07, 6.45) is 4.66. The number of nitrogens with zero attached hydrogens (tertiary/aromatic N) is 1. The van der Waals surface area contributed by atoms with Crippen molar-refractivity contribution in [3.8, 4) is 0 Å². The third-order valence-corrected chi connectivity index (χ3v) is 4.46. The normalized spacial score (nSPS) is 21.4. The van der Waals surface area contributed by atoms with Gasteiger partial charge in [-0.05, 0) is 30.5 Å². The van der Waals surface area contributed by atoms with Gasteiger partial charge in [0.25, 0.3) is 5.91 Å². The molecule has 1 spiro atoms. The van der Waals surface area contributed by atoms with E-state index in [-0.39, 0.29) is 11.9 Å². The average molecular weight is 293 g/mol. The number of benzene rings is 1. The van der Waals surface area contributed by atoms with Gasteiger partial charge in [0.05, 0.1) is 6.54 Å². The molecule has 1 aromatic rings. The van der Waals surface area contributed by atoms with Crippen molar-refractivity contribution in [2.75, 3.05) is 0 Å². The van der Waals surface area contributed by atoms with Crippen LogP contribution in [0.1, 0.15) is 37.7 Å². The fraction of sp³-hybridized carbons (Fsp3) is 0.467. The van der Waals surface area contributed by atoms with Crippen LogP contribution in [0.4, 0.5) is 4.79 Å². The first-order chi connectivity index (χ1) is 9.61. The Morgan fingerprint density at radius 3 is 2.40 bits per heavy atom. The quantitative estimate of drug-likeness (QED) is 0.852. The highest BCUT2D eigenvalue weighted by Gasteiger charge is 2.51. The van der Waals surface area contributed by atoms with Crippen molar-refractivity contribution >= 4 is 23.5 Å². The van der Waals surface area contributed by atoms with Crippen molar-refractivity contribution in [1.82, 2.24) is 10.2 Å². The fourth-order valence-corrected chi connectivity index (χ4v) is 3.21. The summed E-state index contributed by atoms with van der Waals surface area (Å²) in [5.74, 6) is -0.0721. The van der Waals surface area contributed by atoms with Crippen LogP contribution in [0.15, 0.2) is 24.3 Å². The predicted octanol–water partition coefficient (Wildman–Crippen LogP) is 3.09. The molecule has 0 aromatic heterocycles. The lowest BCUT2D eigenvalue weighted by molar-refractivity contribution is -0.132. The second kappa shape index (κ2) is 5.09. The zero-order chi connectivity index (χ0) is 14.2. The highest BCUT2D eigenvalue weighted by molar-refractivity contribution is 6.30. The van der Waals surface area contributed by atoms with Crippen LogP contribution in [-0.4, -0.2) is 22.4 Å². The molecule has 1 aromatic carbocycles. The number of carbonyl (C=O) groups excluding carboxylic acids is 2. The van der Waals surface area contributed by atoms with Gasteiger partial charge in [-0.15, -0.1) is 0 Å². The van der Waals surface area contributed by atoms with Gasteiger partial charge in [0.15, 0.2) is 0 Å². The Hall–Kier alpha value is -1.55. The van der Waals surface area contributed by atoms with E-state index in [4.69, 9.17) is 11.6 Å². The second-order valence-electron chi connectivity index (χ2n) is 5.59. The minimum atomic E-state index is -0.637. The van der Waals surface area contributed by atoms with Crippen molar-refractivity contribution in [3.63, 3.8) is 0 Å². The number of hydrogen-bond donors (Lipinski definition) is 1. The van der Waals surface area contributed by atoms with Gasteiger partial charge in [-0.2, -0.15) is 0 Å². The highest BCUT2D eigenvalue weighted by Crippen LogP contribution is 2.34. The molecule has 1 N–H and O–H groups in total. The predicted molar refractivity (Wildman–Crippen MR) is 76.3 cm³/mol. The lowest BCUT2D eigenvalue weighted by atomic mass is 9.82. The van der Waals surface area contributed by atoms with Crippen LogP contribution in [-0.2, 0) is 11.3 Å². The number of imide groups is 1. The van der Waals surface area contributed by atoms with E-state index in [0.717, 1.165) is 37.7 Å². The van der Waals surface area contributed by atoms with Crippen molar-refractivity contribution in [1.29, 1.82) is 0 Å². The monoisotopic (exact) mass is 292 g/mol. The van der Waals surface area contributed by atoms with Crippen LogP contribution in [0.3, 0.4) is 0 Å². The summed E-state index contributed by atoms with van der Waals surface area (Å²) < 4.78 is 0. The number of halogens is 1. The van der Waals surface area contributed by atoms with E-state index in [0.29, 0.717) is 11.6 Å². The SMILES string of the molecule is O=C1NC2(CCCCC2)C(=O)N1Cc1ccc(Cl)cc1. The maximum absolute atomic E-state index is 12.6. The molecule has 0 bridgehead atoms. The van der Waals surface area contributed by atoms with Crippen molar-refractivity contribution in [2.24, 2.45) is 0 Å². The summed E-state index contributed by atoms with van der Waals surface area (Å²) >= 11 is 5.84. The van der Waals surface area contributed by atoms with Gasteiger partial charge in [0.1, 0.15) is 5.54 Å². The topological polar surface area (TPSA) is 49.4 Å². The lowest BCUT2D eigenvalue weighted by Crippen LogP contribution is -2.48. The summed E-state index contributed by atoms with van der Waals surface area (Å²) in [5, 5.41) is 3.56. The third kappa shape index (κ3) is 2.29. The summed E-state index contributed by atoms with van der Waals surface area (Å²) in [4.78, 5) is 26.0. The first-order valence-corrected chi connectivity index (χ1v) is 7.37. The molecule has 1 heterocycles. The van der Waals surface area contributed by atoms with Crippen molar-refractivity contribution < 1.29 is 9.59 Å². The Morgan fingerprint density at radius 1 is 1.10 bits per heavy atom. The molecule has 1 aliphatic heterocycles. The molecule has 1 aliphatic carbocycles. The van der Waals surface area contributed by atoms with E-state index in [1.165, 1.54) is 4.90 Å². The summed E-state index contributed by atoms with van der Waals surface area (Å²) in [7, 11) is 0. The maximum Gasteiger partial charge on any atom is 0.325 e. The average Bonchev–Trinajstić information content (AvgIpc) is 2.67. The smallest absolute Gasteiger partial charge is 0.323 e. The van der Waals surface area contributed by atoms with Crippen LogP contribution in [0.2, 0.25) is 5.02 Å². The Kier molecular flexibility index (Phi) is 3.42.